The Hall–Kier alpha value is -0.620. The van der Waals surface area contributed by atoms with Crippen molar-refractivity contribution in [3.05, 3.63) is 0 Å². The number of carbonyl (C=O) groups excluding carboxylic acids is 1. The second kappa shape index (κ2) is 4.06. The Morgan fingerprint density at radius 1 is 1.23 bits per heavy atom. The van der Waals surface area contributed by atoms with E-state index in [1.54, 1.807) is 6.08 Å². The maximum atomic E-state index is 10.2. The molecule has 0 saturated heterocycles. The highest BCUT2D eigenvalue weighted by molar-refractivity contribution is 5.34. The molecule has 2 nitrogen and oxygen atoms in total. The number of hydrogen-bond donors (Lipinski definition) is 0. The van der Waals surface area contributed by atoms with Crippen LogP contribution in [-0.2, 0) is 4.79 Å². The van der Waals surface area contributed by atoms with Crippen molar-refractivity contribution in [1.82, 2.24) is 0 Å². The van der Waals surface area contributed by atoms with Gasteiger partial charge < -0.3 is 0 Å². The molecule has 1 fully saturated rings. The normalized spacial score (nSPS) is 29.5. The molecule has 0 unspecified atom stereocenters. The molecule has 1 aliphatic rings. The Balaban J connectivity index is 2.57. The van der Waals surface area contributed by atoms with Gasteiger partial charge >= 0.3 is 0 Å². The summed E-state index contributed by atoms with van der Waals surface area (Å²) in [7, 11) is 0. The van der Waals surface area contributed by atoms with Gasteiger partial charge in [-0.3, -0.25) is 0 Å². The van der Waals surface area contributed by atoms with Crippen LogP contribution in [0.1, 0.15) is 46.5 Å². The van der Waals surface area contributed by atoms with Crippen LogP contribution >= 0.6 is 0 Å². The van der Waals surface area contributed by atoms with Crippen LogP contribution in [0.2, 0.25) is 0 Å². The van der Waals surface area contributed by atoms with Crippen molar-refractivity contribution in [2.45, 2.75) is 52.0 Å². The molecular formula is C11H19NO. The summed E-state index contributed by atoms with van der Waals surface area (Å²) in [6, 6.07) is 0. The molecule has 74 valence electrons. The number of isocyanates is 1. The summed E-state index contributed by atoms with van der Waals surface area (Å²) in [5.74, 6) is 1.43. The van der Waals surface area contributed by atoms with Crippen molar-refractivity contribution in [2.75, 3.05) is 0 Å². The van der Waals surface area contributed by atoms with Crippen LogP contribution in [0.3, 0.4) is 0 Å². The molecule has 0 aromatic heterocycles. The summed E-state index contributed by atoms with van der Waals surface area (Å²) in [6.45, 7) is 6.38. The van der Waals surface area contributed by atoms with Crippen molar-refractivity contribution in [3.63, 3.8) is 0 Å². The van der Waals surface area contributed by atoms with Crippen molar-refractivity contribution in [1.29, 1.82) is 0 Å². The van der Waals surface area contributed by atoms with Crippen LogP contribution in [0.25, 0.3) is 0 Å². The molecular weight excluding hydrogens is 162 g/mol. The molecule has 0 radical (unpaired) electrons. The molecule has 0 aromatic rings. The molecule has 0 aromatic carbocycles. The van der Waals surface area contributed by atoms with Crippen molar-refractivity contribution >= 4 is 6.08 Å². The Morgan fingerprint density at radius 2 is 1.77 bits per heavy atom. The highest BCUT2D eigenvalue weighted by atomic mass is 16.1. The van der Waals surface area contributed by atoms with Gasteiger partial charge in [0.15, 0.2) is 0 Å². The SMILES string of the molecule is CC1CCC(C(C)(C)N=C=O)CC1. The second-order valence-electron chi connectivity index (χ2n) is 4.81. The fourth-order valence-corrected chi connectivity index (χ4v) is 2.18. The quantitative estimate of drug-likeness (QED) is 0.475. The first-order valence-corrected chi connectivity index (χ1v) is 5.15. The van der Waals surface area contributed by atoms with Gasteiger partial charge in [0.1, 0.15) is 0 Å². The maximum absolute atomic E-state index is 10.2. The zero-order valence-corrected chi connectivity index (χ0v) is 8.84. The lowest BCUT2D eigenvalue weighted by atomic mass is 9.74. The van der Waals surface area contributed by atoms with Gasteiger partial charge in [0.05, 0.1) is 5.54 Å². The van der Waals surface area contributed by atoms with E-state index in [1.807, 2.05) is 13.8 Å². The van der Waals surface area contributed by atoms with Gasteiger partial charge in [-0.1, -0.05) is 19.8 Å². The van der Waals surface area contributed by atoms with Gasteiger partial charge in [0.25, 0.3) is 0 Å². The Kier molecular flexibility index (Phi) is 3.27. The summed E-state index contributed by atoms with van der Waals surface area (Å²) in [5, 5.41) is 0. The third kappa shape index (κ3) is 2.67. The average Bonchev–Trinajstić information content (AvgIpc) is 2.05. The van der Waals surface area contributed by atoms with Crippen LogP contribution in [0.4, 0.5) is 0 Å². The van der Waals surface area contributed by atoms with Crippen molar-refractivity contribution in [2.24, 2.45) is 16.8 Å². The molecule has 0 aliphatic heterocycles. The highest BCUT2D eigenvalue weighted by Gasteiger charge is 2.31. The van der Waals surface area contributed by atoms with Crippen LogP contribution in [-0.4, -0.2) is 11.6 Å². The predicted molar refractivity (Wildman–Crippen MR) is 53.3 cm³/mol. The van der Waals surface area contributed by atoms with E-state index in [4.69, 9.17) is 0 Å². The van der Waals surface area contributed by atoms with Gasteiger partial charge in [-0.2, -0.15) is 4.99 Å². The Labute approximate surface area is 80.4 Å². The summed E-state index contributed by atoms with van der Waals surface area (Å²) in [5.41, 5.74) is -0.193. The molecule has 1 aliphatic carbocycles. The first kappa shape index (κ1) is 10.5. The van der Waals surface area contributed by atoms with Crippen LogP contribution < -0.4 is 0 Å². The molecule has 0 bridgehead atoms. The van der Waals surface area contributed by atoms with E-state index >= 15 is 0 Å². The molecule has 2 heteroatoms. The fourth-order valence-electron chi connectivity index (χ4n) is 2.18. The van der Waals surface area contributed by atoms with E-state index in [0.29, 0.717) is 5.92 Å². The summed E-state index contributed by atoms with van der Waals surface area (Å²) < 4.78 is 0. The van der Waals surface area contributed by atoms with Gasteiger partial charge in [0, 0.05) is 0 Å². The zero-order valence-electron chi connectivity index (χ0n) is 8.84. The van der Waals surface area contributed by atoms with E-state index in [2.05, 4.69) is 11.9 Å². The lowest BCUT2D eigenvalue weighted by Crippen LogP contribution is -2.32. The lowest BCUT2D eigenvalue weighted by molar-refractivity contribution is 0.207. The van der Waals surface area contributed by atoms with E-state index in [9.17, 15) is 4.79 Å². The zero-order chi connectivity index (χ0) is 9.90. The van der Waals surface area contributed by atoms with Crippen LogP contribution in [0, 0.1) is 11.8 Å². The van der Waals surface area contributed by atoms with Gasteiger partial charge in [-0.05, 0) is 38.5 Å². The second-order valence-corrected chi connectivity index (χ2v) is 4.81. The number of hydrogen-bond acceptors (Lipinski definition) is 2. The van der Waals surface area contributed by atoms with E-state index in [1.165, 1.54) is 25.7 Å². The molecule has 0 spiro atoms. The maximum Gasteiger partial charge on any atom is 0.235 e. The first-order valence-electron chi connectivity index (χ1n) is 5.15. The van der Waals surface area contributed by atoms with Crippen LogP contribution in [0.15, 0.2) is 4.99 Å². The fraction of sp³-hybridized carbons (Fsp3) is 0.909. The molecule has 1 rings (SSSR count). The van der Waals surface area contributed by atoms with Crippen molar-refractivity contribution in [3.8, 4) is 0 Å². The molecule has 0 atom stereocenters. The topological polar surface area (TPSA) is 29.4 Å². The average molecular weight is 181 g/mol. The van der Waals surface area contributed by atoms with Gasteiger partial charge in [-0.15, -0.1) is 0 Å². The summed E-state index contributed by atoms with van der Waals surface area (Å²) in [4.78, 5) is 14.1. The van der Waals surface area contributed by atoms with E-state index in [0.717, 1.165) is 5.92 Å². The lowest BCUT2D eigenvalue weighted by Gasteiger charge is -2.34. The minimum atomic E-state index is -0.193. The minimum absolute atomic E-state index is 0.193. The Morgan fingerprint density at radius 3 is 2.23 bits per heavy atom. The smallest absolute Gasteiger partial charge is 0.211 e. The molecule has 0 N–H and O–H groups in total. The molecule has 0 amide bonds. The van der Waals surface area contributed by atoms with E-state index in [-0.39, 0.29) is 5.54 Å². The monoisotopic (exact) mass is 181 g/mol. The third-order valence-electron chi connectivity index (χ3n) is 3.35. The van der Waals surface area contributed by atoms with Gasteiger partial charge in [-0.25, -0.2) is 4.79 Å². The van der Waals surface area contributed by atoms with Gasteiger partial charge in [0.2, 0.25) is 6.08 Å². The molecule has 0 heterocycles. The Bertz CT molecular complexity index is 208. The standard InChI is InChI=1S/C11H19NO/c1-9-4-6-10(7-5-9)11(2,3)12-8-13/h9-10H,4-7H2,1-3H3. The summed E-state index contributed by atoms with van der Waals surface area (Å²) >= 11 is 0. The molecule has 13 heavy (non-hydrogen) atoms. The largest absolute Gasteiger partial charge is 0.235 e. The minimum Gasteiger partial charge on any atom is -0.211 e. The number of nitrogens with zero attached hydrogens (tertiary/aromatic N) is 1. The van der Waals surface area contributed by atoms with E-state index < -0.39 is 0 Å². The predicted octanol–water partition coefficient (Wildman–Crippen LogP) is 2.93. The highest BCUT2D eigenvalue weighted by Crippen LogP contribution is 2.36. The number of aliphatic imine (C=N–C) groups is 1. The summed E-state index contributed by atoms with van der Waals surface area (Å²) in [6.07, 6.45) is 6.67. The third-order valence-corrected chi connectivity index (χ3v) is 3.35. The molecule has 1 saturated carbocycles. The van der Waals surface area contributed by atoms with Crippen molar-refractivity contribution < 1.29 is 4.79 Å². The first-order chi connectivity index (χ1) is 6.06. The number of rotatable bonds is 2. The van der Waals surface area contributed by atoms with Crippen LogP contribution in [0.5, 0.6) is 0 Å².